The normalized spacial score (nSPS) is 7.64. The van der Waals surface area contributed by atoms with Gasteiger partial charge in [-0.2, -0.15) is 5.26 Å². The number of ether oxygens (including phenoxy) is 2. The number of unbranched alkanes of at least 4 members (excludes halogenated alkanes) is 1. The van der Waals surface area contributed by atoms with Crippen LogP contribution in [0.3, 0.4) is 0 Å². The maximum absolute atomic E-state index is 10.5. The molecule has 0 rings (SSSR count). The number of allylic oxidation sites excluding steroid dienone is 1. The van der Waals surface area contributed by atoms with Crippen molar-refractivity contribution in [2.24, 2.45) is 0 Å². The quantitative estimate of drug-likeness (QED) is 0.201. The lowest BCUT2D eigenvalue weighted by atomic mass is 10.4. The molecule has 0 saturated heterocycles. The second kappa shape index (κ2) is 28.6. The summed E-state index contributed by atoms with van der Waals surface area (Å²) in [5.74, 6) is -1.49. The number of nitriles is 1. The van der Waals surface area contributed by atoms with Crippen molar-refractivity contribution in [1.82, 2.24) is 5.32 Å². The van der Waals surface area contributed by atoms with E-state index in [0.717, 1.165) is 18.9 Å². The molecule has 0 aliphatic rings. The number of esters is 1. The lowest BCUT2D eigenvalue weighted by Crippen LogP contribution is -2.23. The molecule has 8 nitrogen and oxygen atoms in total. The molecule has 28 heavy (non-hydrogen) atoms. The van der Waals surface area contributed by atoms with E-state index in [0.29, 0.717) is 13.2 Å². The van der Waals surface area contributed by atoms with Gasteiger partial charge in [-0.3, -0.25) is 4.79 Å². The van der Waals surface area contributed by atoms with Crippen molar-refractivity contribution >= 4 is 17.8 Å². The molecule has 0 atom stereocenters. The predicted octanol–water partition coefficient (Wildman–Crippen LogP) is 3.14. The zero-order valence-corrected chi connectivity index (χ0v) is 17.0. The van der Waals surface area contributed by atoms with Gasteiger partial charge in [0, 0.05) is 24.3 Å². The fourth-order valence-electron chi connectivity index (χ4n) is 0.714. The first kappa shape index (κ1) is 32.5. The Bertz CT molecular complexity index is 509. The number of carboxylic acid groups (broad SMARTS) is 1. The van der Waals surface area contributed by atoms with Crippen molar-refractivity contribution in [3.63, 3.8) is 0 Å². The van der Waals surface area contributed by atoms with Crippen molar-refractivity contribution in [1.29, 1.82) is 5.26 Å². The highest BCUT2D eigenvalue weighted by Gasteiger charge is 1.91. The average molecular weight is 396 g/mol. The van der Waals surface area contributed by atoms with Gasteiger partial charge < -0.3 is 19.9 Å². The summed E-state index contributed by atoms with van der Waals surface area (Å²) in [5.41, 5.74) is 0.176. The van der Waals surface area contributed by atoms with Gasteiger partial charge in [0.15, 0.2) is 0 Å². The summed E-state index contributed by atoms with van der Waals surface area (Å²) >= 11 is 0. The Hall–Kier alpha value is -3.18. The molecule has 0 heterocycles. The van der Waals surface area contributed by atoms with Gasteiger partial charge in [0.1, 0.15) is 6.73 Å². The summed E-state index contributed by atoms with van der Waals surface area (Å²) in [7, 11) is 0. The lowest BCUT2D eigenvalue weighted by Gasteiger charge is -2.02. The molecule has 1 amide bonds. The van der Waals surface area contributed by atoms with Gasteiger partial charge in [0.25, 0.3) is 0 Å². The standard InChI is InChI=1S/C8H15NO2.C5H8O2.C4H6O2.C3H3N/c1-3-5-6-11-7-9-8(10)4-2;1-3-5(6)7-4-2;1-3(2)4(5)6;1-2-3-4/h4H,2-3,5-7H2,1H3,(H,9,10);3H,1,4H2,2H3;1H2,2H3,(H,5,6);2H,1H2. The Balaban J connectivity index is -0.000000147. The lowest BCUT2D eigenvalue weighted by molar-refractivity contribution is -0.137. The highest BCUT2D eigenvalue weighted by atomic mass is 16.5. The van der Waals surface area contributed by atoms with Gasteiger partial charge in [-0.1, -0.05) is 39.7 Å². The molecule has 0 bridgehead atoms. The first-order valence-corrected chi connectivity index (χ1v) is 8.34. The van der Waals surface area contributed by atoms with E-state index in [1.54, 1.807) is 13.0 Å². The first-order chi connectivity index (χ1) is 13.2. The van der Waals surface area contributed by atoms with E-state index in [9.17, 15) is 14.4 Å². The highest BCUT2D eigenvalue weighted by molar-refractivity contribution is 5.86. The van der Waals surface area contributed by atoms with E-state index in [2.05, 4.69) is 43.3 Å². The molecule has 2 N–H and O–H groups in total. The Morgan fingerprint density at radius 1 is 1.18 bits per heavy atom. The average Bonchev–Trinajstić information content (AvgIpc) is 2.68. The van der Waals surface area contributed by atoms with Crippen molar-refractivity contribution < 1.29 is 29.0 Å². The molecule has 0 aliphatic heterocycles. The monoisotopic (exact) mass is 396 g/mol. The van der Waals surface area contributed by atoms with Gasteiger partial charge in [-0.15, -0.1) is 0 Å². The number of aliphatic carboxylic acids is 1. The van der Waals surface area contributed by atoms with Crippen LogP contribution in [0.1, 0.15) is 33.6 Å². The number of carbonyl (C=O) groups excluding carboxylic acids is 2. The van der Waals surface area contributed by atoms with E-state index >= 15 is 0 Å². The summed E-state index contributed by atoms with van der Waals surface area (Å²) in [6.45, 7) is 19.5. The van der Waals surface area contributed by atoms with E-state index in [-0.39, 0.29) is 24.2 Å². The molecule has 158 valence electrons. The molecule has 0 aromatic carbocycles. The third-order valence-electron chi connectivity index (χ3n) is 2.09. The SMILES string of the molecule is C=C(C)C(=O)O.C=CC#N.C=CC(=O)NCOCCCC.C=CC(=O)OCC. The Labute approximate surface area is 167 Å². The summed E-state index contributed by atoms with van der Waals surface area (Å²) in [6.07, 6.45) is 5.69. The third kappa shape index (κ3) is 43.4. The van der Waals surface area contributed by atoms with Gasteiger partial charge >= 0.3 is 11.9 Å². The first-order valence-electron chi connectivity index (χ1n) is 8.34. The maximum atomic E-state index is 10.5. The number of carbonyl (C=O) groups is 3. The summed E-state index contributed by atoms with van der Waals surface area (Å²) in [4.78, 5) is 30.2. The zero-order valence-electron chi connectivity index (χ0n) is 17.0. The van der Waals surface area contributed by atoms with E-state index in [1.807, 2.05) is 0 Å². The molecule has 0 aliphatic carbocycles. The fraction of sp³-hybridized carbons (Fsp3) is 0.400. The van der Waals surface area contributed by atoms with Crippen LogP contribution < -0.4 is 5.32 Å². The van der Waals surface area contributed by atoms with Crippen LogP contribution in [0.2, 0.25) is 0 Å². The van der Waals surface area contributed by atoms with Crippen LogP contribution in [0, 0.1) is 11.3 Å². The smallest absolute Gasteiger partial charge is 0.330 e. The van der Waals surface area contributed by atoms with Gasteiger partial charge in [-0.25, -0.2) is 9.59 Å². The topological polar surface area (TPSA) is 126 Å². The number of hydrogen-bond donors (Lipinski definition) is 2. The number of rotatable bonds is 9. The number of nitrogens with zero attached hydrogens (tertiary/aromatic N) is 1. The molecule has 0 fully saturated rings. The van der Waals surface area contributed by atoms with E-state index < -0.39 is 5.97 Å². The summed E-state index contributed by atoms with van der Waals surface area (Å²) in [5, 5.41) is 17.9. The van der Waals surface area contributed by atoms with Gasteiger partial charge in [0.2, 0.25) is 5.91 Å². The van der Waals surface area contributed by atoms with Crippen molar-refractivity contribution in [3.8, 4) is 6.07 Å². The number of hydrogen-bond acceptors (Lipinski definition) is 6. The third-order valence-corrected chi connectivity index (χ3v) is 2.09. The largest absolute Gasteiger partial charge is 0.478 e. The summed E-state index contributed by atoms with van der Waals surface area (Å²) in [6, 6.07) is 1.69. The molecular weight excluding hydrogens is 364 g/mol. The Kier molecular flexibility index (Phi) is 33.2. The molecule has 0 unspecified atom stereocenters. The van der Waals surface area contributed by atoms with Crippen LogP contribution in [0.4, 0.5) is 0 Å². The highest BCUT2D eigenvalue weighted by Crippen LogP contribution is 1.85. The summed E-state index contributed by atoms with van der Waals surface area (Å²) < 4.78 is 9.50. The van der Waals surface area contributed by atoms with E-state index in [4.69, 9.17) is 15.1 Å². The minimum absolute atomic E-state index is 0.176. The molecule has 0 saturated carbocycles. The van der Waals surface area contributed by atoms with Crippen LogP contribution in [-0.4, -0.2) is 42.9 Å². The van der Waals surface area contributed by atoms with Crippen LogP contribution in [0.15, 0.2) is 50.1 Å². The van der Waals surface area contributed by atoms with E-state index in [1.165, 1.54) is 19.1 Å². The number of nitrogens with one attached hydrogen (secondary N) is 1. The number of amides is 1. The van der Waals surface area contributed by atoms with Crippen molar-refractivity contribution in [2.75, 3.05) is 19.9 Å². The fourth-order valence-corrected chi connectivity index (χ4v) is 0.714. The molecule has 0 aromatic rings. The van der Waals surface area contributed by atoms with Gasteiger partial charge in [-0.05, 0) is 26.3 Å². The number of carboxylic acids is 1. The minimum Gasteiger partial charge on any atom is -0.478 e. The zero-order chi connectivity index (χ0) is 22.8. The molecule has 0 radical (unpaired) electrons. The predicted molar refractivity (Wildman–Crippen MR) is 109 cm³/mol. The van der Waals surface area contributed by atoms with Crippen LogP contribution >= 0.6 is 0 Å². The molecular formula is C20H32N2O6. The van der Waals surface area contributed by atoms with Crippen LogP contribution in [0.5, 0.6) is 0 Å². The van der Waals surface area contributed by atoms with Crippen molar-refractivity contribution in [2.45, 2.75) is 33.6 Å². The van der Waals surface area contributed by atoms with Crippen LogP contribution in [-0.2, 0) is 23.9 Å². The van der Waals surface area contributed by atoms with Crippen molar-refractivity contribution in [3.05, 3.63) is 50.1 Å². The maximum Gasteiger partial charge on any atom is 0.330 e. The van der Waals surface area contributed by atoms with Crippen LogP contribution in [0.25, 0.3) is 0 Å². The molecule has 0 aromatic heterocycles. The molecule has 0 spiro atoms. The molecule has 8 heteroatoms. The van der Waals surface area contributed by atoms with Gasteiger partial charge in [0.05, 0.1) is 12.7 Å². The Morgan fingerprint density at radius 3 is 1.93 bits per heavy atom. The minimum atomic E-state index is -0.935. The Morgan fingerprint density at radius 2 is 1.68 bits per heavy atom. The second-order valence-corrected chi connectivity index (χ2v) is 4.53. The second-order valence-electron chi connectivity index (χ2n) is 4.53.